The van der Waals surface area contributed by atoms with Crippen LogP contribution in [0.1, 0.15) is 5.56 Å². The second-order valence-corrected chi connectivity index (χ2v) is 3.24. The minimum absolute atomic E-state index is 1.03. The molecular weight excluding hydrogens is 160 g/mol. The van der Waals surface area contributed by atoms with Crippen molar-refractivity contribution in [1.29, 1.82) is 0 Å². The molecule has 1 aromatic carbocycles. The summed E-state index contributed by atoms with van der Waals surface area (Å²) in [5.41, 5.74) is 3.48. The first-order valence-corrected chi connectivity index (χ1v) is 4.32. The van der Waals surface area contributed by atoms with Crippen molar-refractivity contribution in [3.63, 3.8) is 0 Å². The third kappa shape index (κ3) is 1.61. The molecule has 0 unspecified atom stereocenters. The molecule has 0 fully saturated rings. The van der Waals surface area contributed by atoms with Gasteiger partial charge in [-0.25, -0.2) is 0 Å². The molecule has 0 atom stereocenters. The van der Waals surface area contributed by atoms with Gasteiger partial charge in [-0.05, 0) is 13.0 Å². The molecule has 0 spiro atoms. The van der Waals surface area contributed by atoms with Gasteiger partial charge in [-0.1, -0.05) is 29.8 Å². The maximum Gasteiger partial charge on any atom is 0.0923 e. The molecule has 0 N–H and O–H groups in total. The van der Waals surface area contributed by atoms with E-state index in [2.05, 4.69) is 36.3 Å². The van der Waals surface area contributed by atoms with Crippen LogP contribution in [0.4, 0.5) is 0 Å². The van der Waals surface area contributed by atoms with Crippen LogP contribution in [0.5, 0.6) is 0 Å². The highest BCUT2D eigenvalue weighted by atomic mass is 15.2. The number of hydrogen-bond acceptors (Lipinski definition) is 1. The van der Waals surface area contributed by atoms with Gasteiger partial charge in [0.15, 0.2) is 0 Å². The average Bonchev–Trinajstić information content (AvgIpc) is 2.53. The van der Waals surface area contributed by atoms with Crippen LogP contribution >= 0.6 is 0 Å². The fourth-order valence-corrected chi connectivity index (χ4v) is 1.29. The molecule has 0 saturated heterocycles. The van der Waals surface area contributed by atoms with Gasteiger partial charge >= 0.3 is 0 Å². The van der Waals surface area contributed by atoms with E-state index in [0.29, 0.717) is 0 Å². The van der Waals surface area contributed by atoms with E-state index < -0.39 is 0 Å². The summed E-state index contributed by atoms with van der Waals surface area (Å²) < 4.78 is 1.81. The number of benzene rings is 1. The zero-order valence-corrected chi connectivity index (χ0v) is 7.86. The predicted molar refractivity (Wildman–Crippen MR) is 53.4 cm³/mol. The Labute approximate surface area is 77.8 Å². The molecule has 1 aromatic heterocycles. The van der Waals surface area contributed by atoms with Crippen molar-refractivity contribution in [2.75, 3.05) is 0 Å². The van der Waals surface area contributed by atoms with E-state index in [4.69, 9.17) is 0 Å². The Morgan fingerprint density at radius 3 is 2.31 bits per heavy atom. The van der Waals surface area contributed by atoms with E-state index in [-0.39, 0.29) is 0 Å². The molecule has 2 nitrogen and oxygen atoms in total. The summed E-state index contributed by atoms with van der Waals surface area (Å²) >= 11 is 0. The van der Waals surface area contributed by atoms with Gasteiger partial charge in [0.05, 0.1) is 5.69 Å². The molecule has 0 amide bonds. The van der Waals surface area contributed by atoms with Gasteiger partial charge in [0.1, 0.15) is 0 Å². The first-order chi connectivity index (χ1) is 6.25. The van der Waals surface area contributed by atoms with Crippen molar-refractivity contribution in [2.45, 2.75) is 6.92 Å². The van der Waals surface area contributed by atoms with Crippen molar-refractivity contribution in [3.05, 3.63) is 42.1 Å². The molecule has 2 heteroatoms. The van der Waals surface area contributed by atoms with Crippen molar-refractivity contribution in [1.82, 2.24) is 9.78 Å². The third-order valence-corrected chi connectivity index (χ3v) is 2.06. The van der Waals surface area contributed by atoms with Crippen molar-refractivity contribution in [3.8, 4) is 11.3 Å². The number of aromatic nitrogens is 2. The number of aryl methyl sites for hydroxylation is 2. The van der Waals surface area contributed by atoms with Crippen LogP contribution in [-0.4, -0.2) is 9.78 Å². The normalized spacial score (nSPS) is 10.3. The minimum Gasteiger partial charge on any atom is -0.275 e. The zero-order chi connectivity index (χ0) is 9.26. The quantitative estimate of drug-likeness (QED) is 0.645. The molecule has 2 rings (SSSR count). The molecule has 2 aromatic rings. The van der Waals surface area contributed by atoms with Gasteiger partial charge in [0.25, 0.3) is 0 Å². The van der Waals surface area contributed by atoms with Gasteiger partial charge in [-0.2, -0.15) is 5.10 Å². The number of nitrogens with zero attached hydrogens (tertiary/aromatic N) is 2. The van der Waals surface area contributed by atoms with Crippen LogP contribution in [0, 0.1) is 6.92 Å². The fraction of sp³-hybridized carbons (Fsp3) is 0.182. The molecule has 0 saturated carbocycles. The second-order valence-electron chi connectivity index (χ2n) is 3.24. The van der Waals surface area contributed by atoms with E-state index in [1.54, 1.807) is 0 Å². The monoisotopic (exact) mass is 172 g/mol. The summed E-state index contributed by atoms with van der Waals surface area (Å²) in [6.07, 6.45) is 1.95. The highest BCUT2D eigenvalue weighted by molar-refractivity contribution is 5.58. The maximum atomic E-state index is 4.33. The molecule has 1 heterocycles. The van der Waals surface area contributed by atoms with Gasteiger partial charge in [0.2, 0.25) is 0 Å². The lowest BCUT2D eigenvalue weighted by Gasteiger charge is -1.96. The van der Waals surface area contributed by atoms with Gasteiger partial charge in [-0.3, -0.25) is 4.68 Å². The lowest BCUT2D eigenvalue weighted by molar-refractivity contribution is 0.771. The highest BCUT2D eigenvalue weighted by Crippen LogP contribution is 2.16. The summed E-state index contributed by atoms with van der Waals surface area (Å²) in [5, 5.41) is 4.33. The second kappa shape index (κ2) is 3.05. The van der Waals surface area contributed by atoms with Gasteiger partial charge in [0, 0.05) is 18.8 Å². The van der Waals surface area contributed by atoms with Crippen LogP contribution < -0.4 is 0 Å². The molecule has 0 radical (unpaired) electrons. The van der Waals surface area contributed by atoms with Crippen LogP contribution in [0.15, 0.2) is 36.5 Å². The lowest BCUT2D eigenvalue weighted by atomic mass is 10.1. The fourth-order valence-electron chi connectivity index (χ4n) is 1.29. The summed E-state index contributed by atoms with van der Waals surface area (Å²) in [7, 11) is 1.93. The summed E-state index contributed by atoms with van der Waals surface area (Å²) in [6.45, 7) is 2.09. The van der Waals surface area contributed by atoms with Gasteiger partial charge < -0.3 is 0 Å². The molecule has 66 valence electrons. The van der Waals surface area contributed by atoms with Crippen molar-refractivity contribution in [2.24, 2.45) is 7.05 Å². The molecule has 0 bridgehead atoms. The highest BCUT2D eigenvalue weighted by Gasteiger charge is 1.98. The van der Waals surface area contributed by atoms with Crippen molar-refractivity contribution >= 4 is 0 Å². The van der Waals surface area contributed by atoms with E-state index in [9.17, 15) is 0 Å². The van der Waals surface area contributed by atoms with E-state index in [1.807, 2.05) is 24.0 Å². The van der Waals surface area contributed by atoms with Crippen LogP contribution in [0.3, 0.4) is 0 Å². The Kier molecular flexibility index (Phi) is 1.89. The van der Waals surface area contributed by atoms with Crippen LogP contribution in [0.2, 0.25) is 0 Å². The Bertz CT molecular complexity index is 398. The predicted octanol–water partition coefficient (Wildman–Crippen LogP) is 2.40. The van der Waals surface area contributed by atoms with E-state index >= 15 is 0 Å². The number of rotatable bonds is 1. The molecule has 0 aliphatic heterocycles. The standard InChI is InChI=1S/C11H12N2/c1-9-3-5-10(6-4-9)11-7-8-13(2)12-11/h3-8H,1-2H3. The minimum atomic E-state index is 1.03. The summed E-state index contributed by atoms with van der Waals surface area (Å²) in [5.74, 6) is 0. The third-order valence-electron chi connectivity index (χ3n) is 2.06. The lowest BCUT2D eigenvalue weighted by Crippen LogP contribution is -1.87. The molecular formula is C11H12N2. The molecule has 13 heavy (non-hydrogen) atoms. The average molecular weight is 172 g/mol. The Morgan fingerprint density at radius 2 is 1.77 bits per heavy atom. The molecule has 0 aliphatic rings. The summed E-state index contributed by atoms with van der Waals surface area (Å²) in [4.78, 5) is 0. The summed E-state index contributed by atoms with van der Waals surface area (Å²) in [6, 6.07) is 10.4. The first kappa shape index (κ1) is 8.05. The van der Waals surface area contributed by atoms with Crippen molar-refractivity contribution < 1.29 is 0 Å². The Hall–Kier alpha value is -1.57. The van der Waals surface area contributed by atoms with E-state index in [1.165, 1.54) is 11.1 Å². The topological polar surface area (TPSA) is 17.8 Å². The maximum absolute atomic E-state index is 4.33. The SMILES string of the molecule is Cc1ccc(-c2ccn(C)n2)cc1. The van der Waals surface area contributed by atoms with Gasteiger partial charge in [-0.15, -0.1) is 0 Å². The van der Waals surface area contributed by atoms with Crippen LogP contribution in [0.25, 0.3) is 11.3 Å². The first-order valence-electron chi connectivity index (χ1n) is 4.32. The molecule has 0 aliphatic carbocycles. The number of hydrogen-bond donors (Lipinski definition) is 0. The smallest absolute Gasteiger partial charge is 0.0923 e. The van der Waals surface area contributed by atoms with Crippen LogP contribution in [-0.2, 0) is 7.05 Å². The zero-order valence-electron chi connectivity index (χ0n) is 7.86. The van der Waals surface area contributed by atoms with E-state index in [0.717, 1.165) is 5.69 Å². The largest absolute Gasteiger partial charge is 0.275 e. The Balaban J connectivity index is 2.41. The Morgan fingerprint density at radius 1 is 1.08 bits per heavy atom.